The highest BCUT2D eigenvalue weighted by Gasteiger charge is 2.25. The molecule has 2 aromatic rings. The number of hydrogen-bond acceptors (Lipinski definition) is 1. The van der Waals surface area contributed by atoms with E-state index in [0.29, 0.717) is 0 Å². The summed E-state index contributed by atoms with van der Waals surface area (Å²) in [5, 5.41) is 1.33. The van der Waals surface area contributed by atoms with Crippen LogP contribution < -0.4 is 0 Å². The molecule has 0 spiro atoms. The molecule has 0 aliphatic heterocycles. The molecule has 1 aliphatic carbocycles. The van der Waals surface area contributed by atoms with Crippen LogP contribution in [0, 0.1) is 0 Å². The van der Waals surface area contributed by atoms with Crippen LogP contribution in [0.1, 0.15) is 11.1 Å². The van der Waals surface area contributed by atoms with Crippen molar-refractivity contribution in [1.29, 1.82) is 0 Å². The Bertz CT molecular complexity index is 590. The van der Waals surface area contributed by atoms with Crippen LogP contribution in [0.2, 0.25) is 0 Å². The van der Waals surface area contributed by atoms with Gasteiger partial charge >= 0.3 is 0 Å². The van der Waals surface area contributed by atoms with E-state index in [1.54, 1.807) is 4.90 Å². The summed E-state index contributed by atoms with van der Waals surface area (Å²) in [6, 6.07) is 4.43. The zero-order valence-corrected chi connectivity index (χ0v) is 11.1. The van der Waals surface area contributed by atoms with E-state index >= 15 is 0 Å². The van der Waals surface area contributed by atoms with E-state index in [9.17, 15) is 4.79 Å². The van der Waals surface area contributed by atoms with Gasteiger partial charge in [0, 0.05) is 34.7 Å². The number of aromatic nitrogens is 1. The number of hydrogen-bond donors (Lipinski definition) is 1. The summed E-state index contributed by atoms with van der Waals surface area (Å²) >= 11 is 3.61. The van der Waals surface area contributed by atoms with Crippen LogP contribution in [0.5, 0.6) is 0 Å². The molecule has 1 aliphatic rings. The zero-order chi connectivity index (χ0) is 12.0. The minimum atomic E-state index is 0.262. The fraction of sp³-hybridized carbons (Fsp3) is 0.308. The molecule has 3 rings (SSSR count). The summed E-state index contributed by atoms with van der Waals surface area (Å²) in [5.41, 5.74) is 3.80. The van der Waals surface area contributed by atoms with Crippen molar-refractivity contribution in [2.75, 3.05) is 7.05 Å². The molecule has 3 nitrogen and oxygen atoms in total. The summed E-state index contributed by atoms with van der Waals surface area (Å²) in [6.45, 7) is 0. The number of likely N-dealkylation sites (N-methyl/N-ethyl adjacent to an activating group) is 1. The van der Waals surface area contributed by atoms with Crippen LogP contribution in [0.25, 0.3) is 10.9 Å². The van der Waals surface area contributed by atoms with E-state index in [4.69, 9.17) is 0 Å². The Labute approximate surface area is 108 Å². The third-order valence-electron chi connectivity index (χ3n) is 3.62. The topological polar surface area (TPSA) is 36.1 Å². The highest BCUT2D eigenvalue weighted by molar-refractivity contribution is 9.10. The number of rotatable bonds is 2. The lowest BCUT2D eigenvalue weighted by Crippen LogP contribution is -2.36. The standard InChI is InChI=1S/C13H13BrN2O/c1-16(7-17)9-4-8-6-15-12-3-2-11(14)10(5-9)13(8)12/h2-3,6-7,9,15H,4-5H2,1H3. The Morgan fingerprint density at radius 2 is 2.29 bits per heavy atom. The molecule has 1 N–H and O–H groups in total. The van der Waals surface area contributed by atoms with E-state index in [0.717, 1.165) is 23.7 Å². The Morgan fingerprint density at radius 3 is 3.06 bits per heavy atom. The van der Waals surface area contributed by atoms with Gasteiger partial charge in [-0.1, -0.05) is 15.9 Å². The molecule has 0 radical (unpaired) electrons. The third kappa shape index (κ3) is 1.59. The maximum atomic E-state index is 10.9. The van der Waals surface area contributed by atoms with Crippen LogP contribution in [0.4, 0.5) is 0 Å². The first-order valence-electron chi connectivity index (χ1n) is 5.65. The minimum absolute atomic E-state index is 0.262. The maximum absolute atomic E-state index is 10.9. The fourth-order valence-electron chi connectivity index (χ4n) is 2.64. The molecule has 0 saturated carbocycles. The molecular weight excluding hydrogens is 280 g/mol. The number of H-pyrrole nitrogens is 1. The van der Waals surface area contributed by atoms with Gasteiger partial charge in [-0.05, 0) is 36.1 Å². The molecule has 1 unspecified atom stereocenters. The average Bonchev–Trinajstić information content (AvgIpc) is 2.77. The summed E-state index contributed by atoms with van der Waals surface area (Å²) in [5.74, 6) is 0. The van der Waals surface area contributed by atoms with Crippen molar-refractivity contribution in [3.8, 4) is 0 Å². The van der Waals surface area contributed by atoms with Gasteiger partial charge < -0.3 is 9.88 Å². The van der Waals surface area contributed by atoms with E-state index in [2.05, 4.69) is 39.2 Å². The first-order chi connectivity index (χ1) is 8.20. The molecule has 1 aromatic heterocycles. The third-order valence-corrected chi connectivity index (χ3v) is 4.36. The van der Waals surface area contributed by atoms with Crippen LogP contribution in [-0.2, 0) is 17.6 Å². The number of carbonyl (C=O) groups is 1. The first-order valence-corrected chi connectivity index (χ1v) is 6.44. The second kappa shape index (κ2) is 3.88. The molecule has 0 fully saturated rings. The first kappa shape index (κ1) is 10.8. The Morgan fingerprint density at radius 1 is 1.47 bits per heavy atom. The van der Waals surface area contributed by atoms with Gasteiger partial charge in [0.05, 0.1) is 0 Å². The number of nitrogens with zero attached hydrogens (tertiary/aromatic N) is 1. The summed E-state index contributed by atoms with van der Waals surface area (Å²) in [7, 11) is 1.85. The largest absolute Gasteiger partial charge is 0.361 e. The van der Waals surface area contributed by atoms with E-state index in [-0.39, 0.29) is 6.04 Å². The lowest BCUT2D eigenvalue weighted by Gasteiger charge is -2.29. The molecule has 88 valence electrons. The molecular formula is C13H13BrN2O. The number of carbonyl (C=O) groups excluding carboxylic acids is 1. The molecule has 0 bridgehead atoms. The average molecular weight is 293 g/mol. The van der Waals surface area contributed by atoms with E-state index in [1.807, 2.05) is 7.05 Å². The molecule has 1 aromatic carbocycles. The quantitative estimate of drug-likeness (QED) is 0.848. The zero-order valence-electron chi connectivity index (χ0n) is 9.53. The second-order valence-corrected chi connectivity index (χ2v) is 5.45. The van der Waals surface area contributed by atoms with Gasteiger partial charge in [0.25, 0.3) is 0 Å². The van der Waals surface area contributed by atoms with Gasteiger partial charge in [0.15, 0.2) is 0 Å². The van der Waals surface area contributed by atoms with Crippen molar-refractivity contribution in [3.63, 3.8) is 0 Å². The number of aromatic amines is 1. The second-order valence-electron chi connectivity index (χ2n) is 4.60. The van der Waals surface area contributed by atoms with Crippen molar-refractivity contribution in [3.05, 3.63) is 33.9 Å². The summed E-state index contributed by atoms with van der Waals surface area (Å²) < 4.78 is 1.13. The molecule has 4 heteroatoms. The van der Waals surface area contributed by atoms with Gasteiger partial charge in [-0.2, -0.15) is 0 Å². The van der Waals surface area contributed by atoms with Gasteiger partial charge in [-0.3, -0.25) is 4.79 Å². The number of benzene rings is 1. The highest BCUT2D eigenvalue weighted by atomic mass is 79.9. The molecule has 1 heterocycles. The molecule has 1 amide bonds. The van der Waals surface area contributed by atoms with Crippen LogP contribution in [0.15, 0.2) is 22.8 Å². The Hall–Kier alpha value is -1.29. The fourth-order valence-corrected chi connectivity index (χ4v) is 3.14. The van der Waals surface area contributed by atoms with Crippen molar-refractivity contribution in [2.45, 2.75) is 18.9 Å². The van der Waals surface area contributed by atoms with Gasteiger partial charge in [-0.15, -0.1) is 0 Å². The Kier molecular flexibility index (Phi) is 2.47. The minimum Gasteiger partial charge on any atom is -0.361 e. The summed E-state index contributed by atoms with van der Waals surface area (Å²) in [6.07, 6.45) is 4.82. The number of nitrogens with one attached hydrogen (secondary N) is 1. The van der Waals surface area contributed by atoms with Crippen LogP contribution in [-0.4, -0.2) is 29.4 Å². The van der Waals surface area contributed by atoms with Gasteiger partial charge in [-0.25, -0.2) is 0 Å². The normalized spacial score (nSPS) is 18.4. The van der Waals surface area contributed by atoms with Crippen molar-refractivity contribution >= 4 is 33.2 Å². The Balaban J connectivity index is 2.15. The number of halogens is 1. The summed E-state index contributed by atoms with van der Waals surface area (Å²) in [4.78, 5) is 16.0. The monoisotopic (exact) mass is 292 g/mol. The predicted octanol–water partition coefficient (Wildman–Crippen LogP) is 2.49. The van der Waals surface area contributed by atoms with Crippen molar-refractivity contribution in [2.24, 2.45) is 0 Å². The predicted molar refractivity (Wildman–Crippen MR) is 71.0 cm³/mol. The highest BCUT2D eigenvalue weighted by Crippen LogP contribution is 2.35. The molecule has 17 heavy (non-hydrogen) atoms. The van der Waals surface area contributed by atoms with Crippen LogP contribution in [0.3, 0.4) is 0 Å². The number of amides is 1. The smallest absolute Gasteiger partial charge is 0.209 e. The SMILES string of the molecule is CN(C=O)C1Cc2c[nH]c3ccc(Br)c(c23)C1. The van der Waals surface area contributed by atoms with Crippen LogP contribution >= 0.6 is 15.9 Å². The van der Waals surface area contributed by atoms with E-state index in [1.165, 1.54) is 22.0 Å². The lowest BCUT2D eigenvalue weighted by atomic mass is 9.89. The molecule has 1 atom stereocenters. The van der Waals surface area contributed by atoms with Crippen molar-refractivity contribution < 1.29 is 4.79 Å². The molecule has 0 saturated heterocycles. The van der Waals surface area contributed by atoms with Gasteiger partial charge in [0.2, 0.25) is 6.41 Å². The van der Waals surface area contributed by atoms with Crippen molar-refractivity contribution in [1.82, 2.24) is 9.88 Å². The maximum Gasteiger partial charge on any atom is 0.209 e. The van der Waals surface area contributed by atoms with E-state index < -0.39 is 0 Å². The lowest BCUT2D eigenvalue weighted by molar-refractivity contribution is -0.118. The van der Waals surface area contributed by atoms with Gasteiger partial charge in [0.1, 0.15) is 0 Å².